The molecule has 7 heteroatoms. The lowest BCUT2D eigenvalue weighted by Crippen LogP contribution is -2.26. The van der Waals surface area contributed by atoms with Crippen LogP contribution in [-0.4, -0.2) is 40.8 Å². The predicted molar refractivity (Wildman–Crippen MR) is 86.6 cm³/mol. The first kappa shape index (κ1) is 16.0. The second-order valence-corrected chi connectivity index (χ2v) is 5.82. The van der Waals surface area contributed by atoms with Gasteiger partial charge in [0.2, 0.25) is 0 Å². The van der Waals surface area contributed by atoms with E-state index in [1.54, 1.807) is 12.1 Å². The molecule has 3 N–H and O–H groups in total. The zero-order chi connectivity index (χ0) is 17.1. The summed E-state index contributed by atoms with van der Waals surface area (Å²) in [6, 6.07) is 6.51. The summed E-state index contributed by atoms with van der Waals surface area (Å²) in [5.41, 5.74) is 2.42. The van der Waals surface area contributed by atoms with E-state index in [-0.39, 0.29) is 11.5 Å². The third-order valence-electron chi connectivity index (χ3n) is 4.06. The normalized spacial score (nSPS) is 13.5. The fourth-order valence-corrected chi connectivity index (χ4v) is 2.54. The molecule has 1 aromatic heterocycles. The quantitative estimate of drug-likeness (QED) is 0.720. The molecule has 1 heterocycles. The first-order valence-corrected chi connectivity index (χ1v) is 7.82. The number of hydrogen-bond donors (Lipinski definition) is 3. The van der Waals surface area contributed by atoms with Crippen LogP contribution < -0.4 is 10.1 Å². The summed E-state index contributed by atoms with van der Waals surface area (Å²) >= 11 is 0. The highest BCUT2D eigenvalue weighted by Gasteiger charge is 2.26. The number of aromatic nitrogens is 2. The third kappa shape index (κ3) is 3.56. The summed E-state index contributed by atoms with van der Waals surface area (Å²) in [6.07, 6.45) is 2.83. The molecule has 126 valence electrons. The van der Waals surface area contributed by atoms with Gasteiger partial charge in [-0.1, -0.05) is 6.07 Å². The summed E-state index contributed by atoms with van der Waals surface area (Å²) in [4.78, 5) is 23.1. The van der Waals surface area contributed by atoms with E-state index >= 15 is 0 Å². The molecule has 0 saturated heterocycles. The number of hydrogen-bond acceptors (Lipinski definition) is 4. The number of nitrogens with zero attached hydrogens (tertiary/aromatic N) is 1. The van der Waals surface area contributed by atoms with Crippen LogP contribution in [0, 0.1) is 0 Å². The highest BCUT2D eigenvalue weighted by molar-refractivity contribution is 5.92. The Morgan fingerprint density at radius 3 is 2.83 bits per heavy atom. The van der Waals surface area contributed by atoms with Crippen molar-refractivity contribution in [2.45, 2.75) is 25.2 Å². The molecular weight excluding hydrogens is 310 g/mol. The van der Waals surface area contributed by atoms with E-state index in [9.17, 15) is 9.59 Å². The average Bonchev–Trinajstić information content (AvgIpc) is 3.31. The standard InChI is InChI=1S/C17H19N3O4/c1-24-15-8-12(17(22)23)5-4-11(15)6-7-18-16(21)14-9-13(19-20-14)10-2-3-10/h4-5,8-10H,2-3,6-7H2,1H3,(H,18,21)(H,19,20)(H,22,23). The second kappa shape index (κ2) is 6.74. The van der Waals surface area contributed by atoms with Crippen LogP contribution in [0.1, 0.15) is 50.9 Å². The van der Waals surface area contributed by atoms with Gasteiger partial charge in [0.1, 0.15) is 11.4 Å². The number of H-pyrrole nitrogens is 1. The van der Waals surface area contributed by atoms with Crippen molar-refractivity contribution in [2.24, 2.45) is 0 Å². The van der Waals surface area contributed by atoms with Crippen LogP contribution in [-0.2, 0) is 6.42 Å². The maximum absolute atomic E-state index is 12.1. The van der Waals surface area contributed by atoms with E-state index in [1.807, 2.05) is 0 Å². The average molecular weight is 329 g/mol. The predicted octanol–water partition coefficient (Wildman–Crippen LogP) is 1.97. The van der Waals surface area contributed by atoms with E-state index in [0.29, 0.717) is 30.3 Å². The second-order valence-electron chi connectivity index (χ2n) is 5.82. The lowest BCUT2D eigenvalue weighted by atomic mass is 10.1. The maximum Gasteiger partial charge on any atom is 0.335 e. The lowest BCUT2D eigenvalue weighted by Gasteiger charge is -2.10. The molecule has 0 atom stereocenters. The third-order valence-corrected chi connectivity index (χ3v) is 4.06. The lowest BCUT2D eigenvalue weighted by molar-refractivity contribution is 0.0696. The number of nitrogens with one attached hydrogen (secondary N) is 2. The Balaban J connectivity index is 1.57. The summed E-state index contributed by atoms with van der Waals surface area (Å²) in [6.45, 7) is 0.410. The van der Waals surface area contributed by atoms with Crippen LogP contribution in [0.4, 0.5) is 0 Å². The Bertz CT molecular complexity index is 765. The molecular formula is C17H19N3O4. The summed E-state index contributed by atoms with van der Waals surface area (Å²) in [7, 11) is 1.49. The number of ether oxygens (including phenoxy) is 1. The highest BCUT2D eigenvalue weighted by Crippen LogP contribution is 2.38. The van der Waals surface area contributed by atoms with Gasteiger partial charge in [-0.05, 0) is 43.0 Å². The first-order chi connectivity index (χ1) is 11.6. The monoisotopic (exact) mass is 329 g/mol. The van der Waals surface area contributed by atoms with E-state index in [0.717, 1.165) is 24.1 Å². The van der Waals surface area contributed by atoms with E-state index < -0.39 is 5.97 Å². The molecule has 1 aliphatic carbocycles. The van der Waals surface area contributed by atoms with Crippen molar-refractivity contribution in [3.8, 4) is 5.75 Å². The van der Waals surface area contributed by atoms with Gasteiger partial charge in [-0.2, -0.15) is 5.10 Å². The van der Waals surface area contributed by atoms with Gasteiger partial charge in [-0.15, -0.1) is 0 Å². The molecule has 0 radical (unpaired) electrons. The van der Waals surface area contributed by atoms with Gasteiger partial charge in [-0.3, -0.25) is 9.89 Å². The molecule has 0 unspecified atom stereocenters. The van der Waals surface area contributed by atoms with Crippen molar-refractivity contribution in [1.29, 1.82) is 0 Å². The molecule has 24 heavy (non-hydrogen) atoms. The largest absolute Gasteiger partial charge is 0.496 e. The van der Waals surface area contributed by atoms with Crippen LogP contribution in [0.25, 0.3) is 0 Å². The van der Waals surface area contributed by atoms with E-state index in [2.05, 4.69) is 15.5 Å². The summed E-state index contributed by atoms with van der Waals surface area (Å²) < 4.78 is 5.22. The van der Waals surface area contributed by atoms with E-state index in [1.165, 1.54) is 19.2 Å². The van der Waals surface area contributed by atoms with Gasteiger partial charge in [0.25, 0.3) is 5.91 Å². The zero-order valence-corrected chi connectivity index (χ0v) is 13.3. The highest BCUT2D eigenvalue weighted by atomic mass is 16.5. The van der Waals surface area contributed by atoms with Crippen LogP contribution in [0.3, 0.4) is 0 Å². The van der Waals surface area contributed by atoms with Gasteiger partial charge in [0.15, 0.2) is 0 Å². The Morgan fingerprint density at radius 1 is 1.38 bits per heavy atom. The van der Waals surface area contributed by atoms with E-state index in [4.69, 9.17) is 9.84 Å². The molecule has 3 rings (SSSR count). The number of rotatable bonds is 7. The SMILES string of the molecule is COc1cc(C(=O)O)ccc1CCNC(=O)c1cc(C2CC2)[nH]n1. The summed E-state index contributed by atoms with van der Waals surface area (Å²) in [5.74, 6) is -0.201. The van der Waals surface area contributed by atoms with Crippen LogP contribution in [0.15, 0.2) is 24.3 Å². The molecule has 1 fully saturated rings. The zero-order valence-electron chi connectivity index (χ0n) is 13.3. The van der Waals surface area contributed by atoms with Crippen LogP contribution in [0.5, 0.6) is 5.75 Å². The van der Waals surface area contributed by atoms with Gasteiger partial charge in [0, 0.05) is 18.2 Å². The molecule has 1 amide bonds. The minimum absolute atomic E-state index is 0.170. The van der Waals surface area contributed by atoms with Gasteiger partial charge < -0.3 is 15.2 Å². The van der Waals surface area contributed by atoms with Gasteiger partial charge >= 0.3 is 5.97 Å². The minimum Gasteiger partial charge on any atom is -0.496 e. The molecule has 1 aromatic carbocycles. The Hall–Kier alpha value is -2.83. The Kier molecular flexibility index (Phi) is 4.50. The fraction of sp³-hybridized carbons (Fsp3) is 0.353. The van der Waals surface area contributed by atoms with Crippen molar-refractivity contribution in [1.82, 2.24) is 15.5 Å². The Labute approximate surface area is 139 Å². The number of benzene rings is 1. The van der Waals surface area contributed by atoms with Crippen molar-refractivity contribution in [3.63, 3.8) is 0 Å². The number of aromatic carboxylic acids is 1. The number of carboxylic acids is 1. The van der Waals surface area contributed by atoms with Crippen LogP contribution in [0.2, 0.25) is 0 Å². The molecule has 1 saturated carbocycles. The molecule has 0 bridgehead atoms. The first-order valence-electron chi connectivity index (χ1n) is 7.82. The van der Waals surface area contributed by atoms with Crippen LogP contribution >= 0.6 is 0 Å². The fourth-order valence-electron chi connectivity index (χ4n) is 2.54. The number of amides is 1. The number of aromatic amines is 1. The van der Waals surface area contributed by atoms with Crippen molar-refractivity contribution in [3.05, 3.63) is 46.8 Å². The van der Waals surface area contributed by atoms with Gasteiger partial charge in [-0.25, -0.2) is 4.79 Å². The summed E-state index contributed by atoms with van der Waals surface area (Å²) in [5, 5.41) is 18.8. The molecule has 7 nitrogen and oxygen atoms in total. The molecule has 1 aliphatic rings. The van der Waals surface area contributed by atoms with Gasteiger partial charge in [0.05, 0.1) is 12.7 Å². The van der Waals surface area contributed by atoms with Crippen molar-refractivity contribution in [2.75, 3.05) is 13.7 Å². The Morgan fingerprint density at radius 2 is 2.17 bits per heavy atom. The van der Waals surface area contributed by atoms with Crippen molar-refractivity contribution < 1.29 is 19.4 Å². The molecule has 0 aliphatic heterocycles. The van der Waals surface area contributed by atoms with Crippen molar-refractivity contribution >= 4 is 11.9 Å². The number of methoxy groups -OCH3 is 1. The molecule has 0 spiro atoms. The molecule has 2 aromatic rings. The minimum atomic E-state index is -1.00. The number of carbonyl (C=O) groups is 2. The maximum atomic E-state index is 12.1. The topological polar surface area (TPSA) is 104 Å². The number of carbonyl (C=O) groups excluding carboxylic acids is 1. The smallest absolute Gasteiger partial charge is 0.335 e. The number of carboxylic acid groups (broad SMARTS) is 1.